The zero-order chi connectivity index (χ0) is 32.8. The fourth-order valence-corrected chi connectivity index (χ4v) is 8.93. The van der Waals surface area contributed by atoms with Crippen molar-refractivity contribution in [3.8, 4) is 17.0 Å². The van der Waals surface area contributed by atoms with Gasteiger partial charge in [0.2, 0.25) is 0 Å². The van der Waals surface area contributed by atoms with E-state index in [1.165, 1.54) is 12.8 Å². The molecule has 1 aliphatic rings. The summed E-state index contributed by atoms with van der Waals surface area (Å²) >= 11 is 10.6. The van der Waals surface area contributed by atoms with Crippen LogP contribution >= 0.6 is 35.1 Å². The van der Waals surface area contributed by atoms with E-state index in [-0.39, 0.29) is 5.97 Å². The third kappa shape index (κ3) is 5.81. The van der Waals surface area contributed by atoms with Crippen LogP contribution in [0.4, 0.5) is 0 Å². The third-order valence-electron chi connectivity index (χ3n) is 8.91. The highest BCUT2D eigenvalue weighted by Gasteiger charge is 2.28. The molecule has 0 radical (unpaired) electrons. The number of thioether (sulfide) groups is 2. The molecule has 11 heteroatoms. The standard InChI is InChI=1S/C36H36ClN5O3S2/c1-21-29-20-46-18-23-16-24(41(3)39-23)19-47-25-15-22-9-6-7-10-26(22)31(17-25)45-14-8-11-27-28-12-13-30(37)32(34(29)42(4)38-21)33(28)40(2)35(27)36(43)44-5/h6-7,9-10,12-13,15-17H,8,11,14,18-20H2,1-5H3. The van der Waals surface area contributed by atoms with E-state index in [1.807, 2.05) is 72.0 Å². The van der Waals surface area contributed by atoms with Crippen LogP contribution in [-0.4, -0.2) is 43.8 Å². The van der Waals surface area contributed by atoms with Gasteiger partial charge in [-0.2, -0.15) is 22.0 Å². The lowest BCUT2D eigenvalue weighted by Gasteiger charge is -2.13. The Bertz CT molecular complexity index is 2170. The van der Waals surface area contributed by atoms with Crippen LogP contribution in [0, 0.1) is 6.92 Å². The predicted molar refractivity (Wildman–Crippen MR) is 192 cm³/mol. The van der Waals surface area contributed by atoms with Gasteiger partial charge in [-0.15, -0.1) is 11.8 Å². The maximum atomic E-state index is 13.3. The summed E-state index contributed by atoms with van der Waals surface area (Å²) in [5.41, 5.74) is 8.44. The summed E-state index contributed by atoms with van der Waals surface area (Å²) in [5, 5.41) is 13.5. The lowest BCUT2D eigenvalue weighted by atomic mass is 10.0. The first-order valence-electron chi connectivity index (χ1n) is 15.5. The van der Waals surface area contributed by atoms with Gasteiger partial charge in [0.1, 0.15) is 11.4 Å². The predicted octanol–water partition coefficient (Wildman–Crippen LogP) is 8.26. The van der Waals surface area contributed by atoms with E-state index in [0.29, 0.717) is 30.2 Å². The molecule has 3 aromatic carbocycles. The van der Waals surface area contributed by atoms with Gasteiger partial charge in [0.15, 0.2) is 0 Å². The molecule has 0 N–H and O–H groups in total. The molecule has 0 unspecified atom stereocenters. The monoisotopic (exact) mass is 685 g/mol. The van der Waals surface area contributed by atoms with Gasteiger partial charge in [-0.3, -0.25) is 9.36 Å². The molecule has 242 valence electrons. The zero-order valence-corrected chi connectivity index (χ0v) is 29.5. The number of methoxy groups -OCH3 is 1. The summed E-state index contributed by atoms with van der Waals surface area (Å²) in [6.45, 7) is 2.53. The summed E-state index contributed by atoms with van der Waals surface area (Å²) in [6.07, 6.45) is 1.34. The van der Waals surface area contributed by atoms with Crippen molar-refractivity contribution in [2.24, 2.45) is 21.1 Å². The third-order valence-corrected chi connectivity index (χ3v) is 11.2. The van der Waals surface area contributed by atoms with E-state index in [1.54, 1.807) is 11.8 Å². The van der Waals surface area contributed by atoms with Gasteiger partial charge in [-0.25, -0.2) is 4.79 Å². The van der Waals surface area contributed by atoms with Crippen molar-refractivity contribution in [3.05, 3.63) is 93.5 Å². The van der Waals surface area contributed by atoms with E-state index in [2.05, 4.69) is 36.4 Å². The first-order chi connectivity index (χ1) is 22.7. The minimum Gasteiger partial charge on any atom is -0.493 e. The van der Waals surface area contributed by atoms with Crippen LogP contribution in [0.1, 0.15) is 45.1 Å². The summed E-state index contributed by atoms with van der Waals surface area (Å²) in [5.74, 6) is 2.78. The second-order valence-corrected chi connectivity index (χ2v) is 14.3. The number of ether oxygens (including phenoxy) is 2. The van der Waals surface area contributed by atoms with E-state index in [0.717, 1.165) is 83.4 Å². The highest BCUT2D eigenvalue weighted by molar-refractivity contribution is 7.98. The Morgan fingerprint density at radius 3 is 2.62 bits per heavy atom. The van der Waals surface area contributed by atoms with E-state index >= 15 is 0 Å². The van der Waals surface area contributed by atoms with E-state index < -0.39 is 0 Å². The minimum absolute atomic E-state index is 0.376. The van der Waals surface area contributed by atoms with Crippen molar-refractivity contribution in [2.45, 2.75) is 41.9 Å². The summed E-state index contributed by atoms with van der Waals surface area (Å²) in [7, 11) is 7.31. The number of benzene rings is 3. The summed E-state index contributed by atoms with van der Waals surface area (Å²) in [6, 6.07) is 18.9. The number of hydrogen-bond donors (Lipinski definition) is 0. The molecule has 0 fully saturated rings. The number of aromatic nitrogens is 5. The van der Waals surface area contributed by atoms with Gasteiger partial charge in [0.05, 0.1) is 41.3 Å². The Morgan fingerprint density at radius 2 is 1.79 bits per heavy atom. The number of carbonyl (C=O) groups is 1. The fourth-order valence-electron chi connectivity index (χ4n) is 6.70. The second kappa shape index (κ2) is 13.0. The van der Waals surface area contributed by atoms with Gasteiger partial charge in [-0.05, 0) is 55.0 Å². The topological polar surface area (TPSA) is 76.1 Å². The first-order valence-corrected chi connectivity index (χ1v) is 18.1. The van der Waals surface area contributed by atoms with Crippen molar-refractivity contribution in [3.63, 3.8) is 0 Å². The quantitative estimate of drug-likeness (QED) is 0.161. The van der Waals surface area contributed by atoms with Crippen LogP contribution in [0.3, 0.4) is 0 Å². The van der Waals surface area contributed by atoms with E-state index in [9.17, 15) is 4.79 Å². The summed E-state index contributed by atoms with van der Waals surface area (Å²) < 4.78 is 17.6. The Balaban J connectivity index is 1.37. The SMILES string of the molecule is COC(=O)c1c2c3ccc(Cl)c(c3n1C)-c1c(c(C)nn1C)CSCc1cc(n(C)n1)CSc1cc(c3ccccc3c1)OCCC2. The van der Waals surface area contributed by atoms with Gasteiger partial charge in [0.25, 0.3) is 0 Å². The average Bonchev–Trinajstić information content (AvgIpc) is 3.66. The molecular formula is C36H36ClN5O3S2. The molecule has 4 heterocycles. The molecule has 0 amide bonds. The Labute approximate surface area is 287 Å². The minimum atomic E-state index is -0.376. The van der Waals surface area contributed by atoms with Crippen molar-refractivity contribution < 1.29 is 14.3 Å². The lowest BCUT2D eigenvalue weighted by Crippen LogP contribution is -2.11. The van der Waals surface area contributed by atoms with Crippen molar-refractivity contribution >= 4 is 62.8 Å². The van der Waals surface area contributed by atoms with Gasteiger partial charge < -0.3 is 14.0 Å². The van der Waals surface area contributed by atoms with Crippen LogP contribution in [0.15, 0.2) is 59.5 Å². The molecule has 0 aliphatic carbocycles. The number of rotatable bonds is 1. The maximum Gasteiger partial charge on any atom is 0.354 e. The Hall–Kier alpha value is -3.86. The van der Waals surface area contributed by atoms with Gasteiger partial charge >= 0.3 is 5.97 Å². The molecule has 0 saturated carbocycles. The number of hydrogen-bond acceptors (Lipinski definition) is 7. The zero-order valence-electron chi connectivity index (χ0n) is 27.1. The van der Waals surface area contributed by atoms with Crippen LogP contribution in [0.2, 0.25) is 5.02 Å². The van der Waals surface area contributed by atoms with Gasteiger partial charge in [0, 0.05) is 70.9 Å². The Morgan fingerprint density at radius 1 is 0.957 bits per heavy atom. The van der Waals surface area contributed by atoms with Gasteiger partial charge in [-0.1, -0.05) is 41.9 Å². The van der Waals surface area contributed by atoms with Crippen molar-refractivity contribution in [2.75, 3.05) is 13.7 Å². The van der Waals surface area contributed by atoms with Crippen LogP contribution in [-0.2, 0) is 49.6 Å². The molecular weight excluding hydrogens is 650 g/mol. The number of aryl methyl sites for hydroxylation is 5. The number of esters is 1. The largest absolute Gasteiger partial charge is 0.493 e. The second-order valence-electron chi connectivity index (χ2n) is 11.9. The molecule has 8 bridgehead atoms. The van der Waals surface area contributed by atoms with Crippen LogP contribution < -0.4 is 4.74 Å². The molecule has 47 heavy (non-hydrogen) atoms. The molecule has 0 saturated heterocycles. The van der Waals surface area contributed by atoms with E-state index in [4.69, 9.17) is 31.3 Å². The summed E-state index contributed by atoms with van der Waals surface area (Å²) in [4.78, 5) is 14.5. The van der Waals surface area contributed by atoms with Crippen molar-refractivity contribution in [1.29, 1.82) is 0 Å². The molecule has 1 aliphatic heterocycles. The number of fused-ring (bicyclic) bond motifs is 8. The fraction of sp³-hybridized carbons (Fsp3) is 0.306. The molecule has 6 aromatic rings. The maximum absolute atomic E-state index is 13.3. The average molecular weight is 686 g/mol. The first kappa shape index (κ1) is 31.7. The molecule has 3 aromatic heterocycles. The Kier molecular flexibility index (Phi) is 8.76. The van der Waals surface area contributed by atoms with Crippen LogP contribution in [0.25, 0.3) is 32.9 Å². The molecule has 8 nitrogen and oxygen atoms in total. The molecule has 0 spiro atoms. The lowest BCUT2D eigenvalue weighted by molar-refractivity contribution is 0.0589. The highest BCUT2D eigenvalue weighted by Crippen LogP contribution is 2.42. The van der Waals surface area contributed by atoms with Crippen LogP contribution in [0.5, 0.6) is 5.75 Å². The normalized spacial score (nSPS) is 14.2. The number of nitrogens with zero attached hydrogens (tertiary/aromatic N) is 5. The molecule has 0 atom stereocenters. The highest BCUT2D eigenvalue weighted by atomic mass is 35.5. The number of carbonyl (C=O) groups excluding carboxylic acids is 1. The number of halogens is 1. The molecule has 7 rings (SSSR count). The van der Waals surface area contributed by atoms with Crippen molar-refractivity contribution in [1.82, 2.24) is 24.1 Å². The smallest absolute Gasteiger partial charge is 0.354 e.